The number of benzene rings is 2. The fraction of sp³-hybridized carbons (Fsp3) is 0.172. The number of rotatable bonds is 9. The molecule has 0 unspecified atom stereocenters. The fourth-order valence-electron chi connectivity index (χ4n) is 4.68. The summed E-state index contributed by atoms with van der Waals surface area (Å²) >= 11 is 5.69. The number of anilines is 1. The molecule has 0 bridgehead atoms. The quantitative estimate of drug-likeness (QED) is 0.250. The van der Waals surface area contributed by atoms with E-state index in [-0.39, 0.29) is 23.9 Å². The third kappa shape index (κ3) is 5.46. The number of methoxy groups -OCH3 is 1. The number of hydrogen-bond donors (Lipinski definition) is 3. The van der Waals surface area contributed by atoms with Crippen LogP contribution in [0.15, 0.2) is 89.5 Å². The van der Waals surface area contributed by atoms with Crippen molar-refractivity contribution in [2.24, 2.45) is 0 Å². The average Bonchev–Trinajstić information content (AvgIpc) is 3.57. The largest absolute Gasteiger partial charge is 0.495 e. The third-order valence-electron chi connectivity index (χ3n) is 6.50. The van der Waals surface area contributed by atoms with Crippen LogP contribution in [0.2, 0.25) is 0 Å². The number of pyridine rings is 1. The number of carboxylic acid groups (broad SMARTS) is 1. The molecular formula is C29H26N4O5S. The molecule has 4 aromatic rings. The van der Waals surface area contributed by atoms with E-state index in [1.54, 1.807) is 49.7 Å². The van der Waals surface area contributed by atoms with Gasteiger partial charge in [-0.25, -0.2) is 4.79 Å². The Kier molecular flexibility index (Phi) is 7.55. The molecule has 2 aromatic carbocycles. The van der Waals surface area contributed by atoms with Gasteiger partial charge in [-0.05, 0) is 54.7 Å². The van der Waals surface area contributed by atoms with Gasteiger partial charge in [-0.2, -0.15) is 0 Å². The van der Waals surface area contributed by atoms with Crippen molar-refractivity contribution in [3.8, 4) is 17.1 Å². The lowest BCUT2D eigenvalue weighted by atomic mass is 10.0. The Morgan fingerprint density at radius 1 is 1.08 bits per heavy atom. The molecule has 2 aromatic heterocycles. The van der Waals surface area contributed by atoms with E-state index in [0.717, 1.165) is 5.69 Å². The second kappa shape index (κ2) is 11.4. The minimum atomic E-state index is -1.04. The molecule has 2 atom stereocenters. The Morgan fingerprint density at radius 3 is 2.62 bits per heavy atom. The van der Waals surface area contributed by atoms with E-state index in [0.29, 0.717) is 40.2 Å². The Morgan fingerprint density at radius 2 is 1.85 bits per heavy atom. The Bertz CT molecular complexity index is 1510. The zero-order valence-corrected chi connectivity index (χ0v) is 21.9. The molecular weight excluding hydrogens is 516 g/mol. The number of furan rings is 1. The Hall–Kier alpha value is -4.70. The molecule has 0 radical (unpaired) electrons. The van der Waals surface area contributed by atoms with Crippen LogP contribution in [-0.4, -0.2) is 45.6 Å². The molecule has 0 saturated carbocycles. The van der Waals surface area contributed by atoms with Gasteiger partial charge in [0, 0.05) is 24.7 Å². The van der Waals surface area contributed by atoms with Crippen molar-refractivity contribution in [1.82, 2.24) is 15.2 Å². The molecule has 1 aliphatic rings. The maximum Gasteiger partial charge on any atom is 0.336 e. The predicted octanol–water partition coefficient (Wildman–Crippen LogP) is 5.05. The number of carbonyl (C=O) groups is 2. The summed E-state index contributed by atoms with van der Waals surface area (Å²) in [6.07, 6.45) is 1.86. The van der Waals surface area contributed by atoms with Crippen molar-refractivity contribution in [2.45, 2.75) is 18.5 Å². The number of nitrogens with one attached hydrogen (secondary N) is 2. The van der Waals surface area contributed by atoms with Crippen LogP contribution >= 0.6 is 12.2 Å². The predicted molar refractivity (Wildman–Crippen MR) is 150 cm³/mol. The molecule has 1 aliphatic heterocycles. The van der Waals surface area contributed by atoms with Crippen molar-refractivity contribution in [1.29, 1.82) is 0 Å². The van der Waals surface area contributed by atoms with Gasteiger partial charge >= 0.3 is 5.97 Å². The number of thiocarbonyl (C=S) groups is 1. The third-order valence-corrected chi connectivity index (χ3v) is 6.85. The van der Waals surface area contributed by atoms with Gasteiger partial charge in [0.1, 0.15) is 23.3 Å². The molecule has 198 valence electrons. The summed E-state index contributed by atoms with van der Waals surface area (Å²) in [5, 5.41) is 16.3. The minimum absolute atomic E-state index is 0.143. The molecule has 10 heteroatoms. The molecule has 9 nitrogen and oxygen atoms in total. The lowest BCUT2D eigenvalue weighted by Crippen LogP contribution is -2.32. The van der Waals surface area contributed by atoms with Crippen LogP contribution in [0.5, 0.6) is 5.75 Å². The number of aromatic nitrogens is 1. The van der Waals surface area contributed by atoms with Crippen molar-refractivity contribution >= 4 is 34.9 Å². The monoisotopic (exact) mass is 542 g/mol. The van der Waals surface area contributed by atoms with Crippen LogP contribution in [-0.2, 0) is 4.79 Å². The smallest absolute Gasteiger partial charge is 0.336 e. The van der Waals surface area contributed by atoms with E-state index in [1.807, 2.05) is 41.3 Å². The number of hydrogen-bond acceptors (Lipinski definition) is 6. The summed E-state index contributed by atoms with van der Waals surface area (Å²) < 4.78 is 11.6. The zero-order chi connectivity index (χ0) is 27.4. The number of ether oxygens (including phenoxy) is 1. The number of amides is 1. The molecule has 3 heterocycles. The SMILES string of the molecule is COc1ccccc1NC(=O)CCN1C(=S)N[C@H](c2ccccn2)[C@@H]1c1ccc(-c2ccccc2C(=O)O)o1. The van der Waals surface area contributed by atoms with Crippen molar-refractivity contribution in [3.63, 3.8) is 0 Å². The average molecular weight is 543 g/mol. The van der Waals surface area contributed by atoms with E-state index in [9.17, 15) is 14.7 Å². The van der Waals surface area contributed by atoms with Gasteiger partial charge in [0.05, 0.1) is 30.1 Å². The summed E-state index contributed by atoms with van der Waals surface area (Å²) in [6, 6.07) is 22.3. The van der Waals surface area contributed by atoms with E-state index in [1.165, 1.54) is 6.07 Å². The van der Waals surface area contributed by atoms with E-state index in [4.69, 9.17) is 21.4 Å². The normalized spacial score (nSPS) is 16.5. The summed E-state index contributed by atoms with van der Waals surface area (Å²) in [4.78, 5) is 31.1. The highest BCUT2D eigenvalue weighted by molar-refractivity contribution is 7.80. The molecule has 0 spiro atoms. The van der Waals surface area contributed by atoms with Gasteiger partial charge in [0.2, 0.25) is 5.91 Å². The lowest BCUT2D eigenvalue weighted by Gasteiger charge is -2.26. The topological polar surface area (TPSA) is 117 Å². The Balaban J connectivity index is 1.42. The molecule has 5 rings (SSSR count). The number of para-hydroxylation sites is 2. The summed E-state index contributed by atoms with van der Waals surface area (Å²) in [7, 11) is 1.55. The summed E-state index contributed by atoms with van der Waals surface area (Å²) in [5.74, 6) is 0.328. The van der Waals surface area contributed by atoms with E-state index in [2.05, 4.69) is 15.6 Å². The molecule has 1 fully saturated rings. The first-order valence-electron chi connectivity index (χ1n) is 12.3. The summed E-state index contributed by atoms with van der Waals surface area (Å²) in [5.41, 5.74) is 1.96. The van der Waals surface area contributed by atoms with Crippen LogP contribution in [0, 0.1) is 0 Å². The second-order valence-electron chi connectivity index (χ2n) is 8.87. The van der Waals surface area contributed by atoms with Crippen LogP contribution in [0.1, 0.15) is 40.3 Å². The van der Waals surface area contributed by atoms with Crippen LogP contribution < -0.4 is 15.4 Å². The van der Waals surface area contributed by atoms with Crippen LogP contribution in [0.4, 0.5) is 5.69 Å². The zero-order valence-electron chi connectivity index (χ0n) is 21.0. The number of carbonyl (C=O) groups excluding carboxylic acids is 1. The van der Waals surface area contributed by atoms with Crippen LogP contribution in [0.25, 0.3) is 11.3 Å². The first kappa shape index (κ1) is 25.9. The van der Waals surface area contributed by atoms with Crippen molar-refractivity contribution in [3.05, 3.63) is 102 Å². The summed E-state index contributed by atoms with van der Waals surface area (Å²) in [6.45, 7) is 0.308. The highest BCUT2D eigenvalue weighted by Gasteiger charge is 2.41. The second-order valence-corrected chi connectivity index (χ2v) is 9.26. The number of carboxylic acids is 1. The van der Waals surface area contributed by atoms with Crippen molar-refractivity contribution < 1.29 is 23.8 Å². The number of aromatic carboxylic acids is 1. The molecule has 1 saturated heterocycles. The van der Waals surface area contributed by atoms with E-state index >= 15 is 0 Å². The standard InChI is InChI=1S/C29H26N4O5S/c1-37-23-12-5-4-10-20(23)31-25(34)15-17-33-27(26(32-29(33)39)21-11-6-7-16-30-21)24-14-13-22(38-24)18-8-2-3-9-19(18)28(35)36/h2-14,16,26-27H,15,17H2,1H3,(H,31,34)(H,32,39)(H,35,36)/t26-,27+/m1/s1. The fourth-order valence-corrected chi connectivity index (χ4v) is 5.01. The van der Waals surface area contributed by atoms with Crippen molar-refractivity contribution in [2.75, 3.05) is 19.0 Å². The molecule has 0 aliphatic carbocycles. The van der Waals surface area contributed by atoms with Gasteiger partial charge in [-0.1, -0.05) is 36.4 Å². The Labute approximate surface area is 230 Å². The van der Waals surface area contributed by atoms with Crippen LogP contribution in [0.3, 0.4) is 0 Å². The van der Waals surface area contributed by atoms with Gasteiger partial charge in [-0.3, -0.25) is 9.78 Å². The number of nitrogens with zero attached hydrogens (tertiary/aromatic N) is 2. The first-order valence-corrected chi connectivity index (χ1v) is 12.7. The molecule has 3 N–H and O–H groups in total. The minimum Gasteiger partial charge on any atom is -0.495 e. The van der Waals surface area contributed by atoms with Gasteiger partial charge < -0.3 is 29.8 Å². The van der Waals surface area contributed by atoms with Gasteiger partial charge in [0.15, 0.2) is 5.11 Å². The van der Waals surface area contributed by atoms with Gasteiger partial charge in [-0.15, -0.1) is 0 Å². The maximum absolute atomic E-state index is 12.9. The highest BCUT2D eigenvalue weighted by atomic mass is 32.1. The first-order chi connectivity index (χ1) is 19.0. The molecule has 1 amide bonds. The van der Waals surface area contributed by atoms with E-state index < -0.39 is 12.0 Å². The maximum atomic E-state index is 12.9. The van der Waals surface area contributed by atoms with Gasteiger partial charge in [0.25, 0.3) is 0 Å². The lowest BCUT2D eigenvalue weighted by molar-refractivity contribution is -0.116. The molecule has 39 heavy (non-hydrogen) atoms. The highest BCUT2D eigenvalue weighted by Crippen LogP contribution is 2.41.